The zero-order chi connectivity index (χ0) is 22.0. The van der Waals surface area contributed by atoms with Crippen molar-refractivity contribution in [2.45, 2.75) is 77.2 Å². The first-order valence-electron chi connectivity index (χ1n) is 11.4. The number of phenolic OH excluding ortho intramolecular Hbond substituents is 1. The molecular weight excluding hydrogens is 394 g/mol. The fourth-order valence-electron chi connectivity index (χ4n) is 4.97. The third kappa shape index (κ3) is 4.34. The molecule has 0 unspecified atom stereocenters. The Morgan fingerprint density at radius 3 is 2.68 bits per heavy atom. The number of hydrogen-bond acceptors (Lipinski definition) is 6. The highest BCUT2D eigenvalue weighted by Crippen LogP contribution is 2.44. The molecule has 1 saturated carbocycles. The van der Waals surface area contributed by atoms with Crippen LogP contribution in [0.1, 0.15) is 76.7 Å². The number of ether oxygens (including phenoxy) is 2. The number of phenols is 1. The van der Waals surface area contributed by atoms with Crippen LogP contribution in [-0.4, -0.2) is 29.6 Å². The van der Waals surface area contributed by atoms with E-state index in [-0.39, 0.29) is 23.6 Å². The predicted molar refractivity (Wildman–Crippen MR) is 117 cm³/mol. The van der Waals surface area contributed by atoms with Crippen molar-refractivity contribution in [3.63, 3.8) is 0 Å². The lowest BCUT2D eigenvalue weighted by Gasteiger charge is -2.35. The van der Waals surface area contributed by atoms with E-state index in [2.05, 4.69) is 5.32 Å². The van der Waals surface area contributed by atoms with Crippen LogP contribution in [-0.2, 0) is 14.3 Å². The number of carbonyl (C=O) groups is 2. The molecule has 6 nitrogen and oxygen atoms in total. The van der Waals surface area contributed by atoms with Crippen LogP contribution >= 0.6 is 0 Å². The number of aromatic hydroxyl groups is 1. The van der Waals surface area contributed by atoms with E-state index in [0.29, 0.717) is 29.9 Å². The van der Waals surface area contributed by atoms with Gasteiger partial charge in [0.1, 0.15) is 6.10 Å². The molecule has 0 aromatic heterocycles. The summed E-state index contributed by atoms with van der Waals surface area (Å²) in [4.78, 5) is 26.4. The van der Waals surface area contributed by atoms with Crippen molar-refractivity contribution in [2.24, 2.45) is 0 Å². The number of hydrogen-bond donors (Lipinski definition) is 2. The molecule has 0 saturated heterocycles. The highest BCUT2D eigenvalue weighted by molar-refractivity contribution is 6.03. The van der Waals surface area contributed by atoms with Crippen LogP contribution in [0.25, 0.3) is 0 Å². The van der Waals surface area contributed by atoms with Gasteiger partial charge in [0, 0.05) is 29.3 Å². The maximum absolute atomic E-state index is 13.4. The van der Waals surface area contributed by atoms with Gasteiger partial charge in [0.05, 0.1) is 12.2 Å². The van der Waals surface area contributed by atoms with Gasteiger partial charge in [-0.1, -0.05) is 12.5 Å². The molecule has 1 heterocycles. The van der Waals surface area contributed by atoms with Crippen molar-refractivity contribution < 1.29 is 24.2 Å². The van der Waals surface area contributed by atoms with E-state index in [4.69, 9.17) is 9.47 Å². The fourth-order valence-corrected chi connectivity index (χ4v) is 4.97. The lowest BCUT2D eigenvalue weighted by atomic mass is 9.75. The Balaban J connectivity index is 1.76. The third-order valence-corrected chi connectivity index (χ3v) is 6.44. The molecule has 0 radical (unpaired) electrons. The minimum atomic E-state index is -0.528. The molecule has 2 N–H and O–H groups in total. The maximum Gasteiger partial charge on any atom is 0.337 e. The number of allylic oxidation sites excluding steroid dienone is 3. The number of esters is 1. The highest BCUT2D eigenvalue weighted by Gasteiger charge is 2.40. The van der Waals surface area contributed by atoms with Crippen LogP contribution in [0.15, 0.2) is 40.7 Å². The molecule has 1 atom stereocenters. The molecule has 2 aliphatic carbocycles. The quantitative estimate of drug-likeness (QED) is 0.669. The van der Waals surface area contributed by atoms with E-state index in [1.807, 2.05) is 13.8 Å². The molecule has 6 heteroatoms. The minimum Gasteiger partial charge on any atom is -0.504 e. The average molecular weight is 426 g/mol. The van der Waals surface area contributed by atoms with E-state index >= 15 is 0 Å². The Morgan fingerprint density at radius 2 is 1.94 bits per heavy atom. The number of nitrogens with one attached hydrogen (secondary N) is 1. The number of Topliss-reactive ketones (excluding diaryl/α,β-unsaturated/α-hetero) is 1. The first-order valence-corrected chi connectivity index (χ1v) is 11.4. The molecule has 1 aliphatic heterocycles. The molecule has 31 heavy (non-hydrogen) atoms. The van der Waals surface area contributed by atoms with Crippen LogP contribution in [0.4, 0.5) is 0 Å². The molecule has 0 spiro atoms. The Kier molecular flexibility index (Phi) is 6.35. The molecule has 166 valence electrons. The minimum absolute atomic E-state index is 0.0377. The summed E-state index contributed by atoms with van der Waals surface area (Å²) in [6, 6.07) is 5.07. The molecule has 1 fully saturated rings. The van der Waals surface area contributed by atoms with Crippen molar-refractivity contribution in [3.8, 4) is 11.5 Å². The van der Waals surface area contributed by atoms with E-state index in [1.165, 1.54) is 6.42 Å². The van der Waals surface area contributed by atoms with Gasteiger partial charge in [-0.25, -0.2) is 4.79 Å². The largest absolute Gasteiger partial charge is 0.504 e. The van der Waals surface area contributed by atoms with E-state index in [9.17, 15) is 14.7 Å². The van der Waals surface area contributed by atoms with Gasteiger partial charge in [-0.05, 0) is 70.1 Å². The summed E-state index contributed by atoms with van der Waals surface area (Å²) in [6.45, 7) is 4.12. The molecule has 3 aliphatic rings. The summed E-state index contributed by atoms with van der Waals surface area (Å²) < 4.78 is 11.5. The van der Waals surface area contributed by atoms with Crippen molar-refractivity contribution in [3.05, 3.63) is 46.3 Å². The summed E-state index contributed by atoms with van der Waals surface area (Å²) in [6.07, 6.45) is 7.06. The van der Waals surface area contributed by atoms with Crippen LogP contribution < -0.4 is 10.1 Å². The summed E-state index contributed by atoms with van der Waals surface area (Å²) in [5.74, 6) is -0.449. The van der Waals surface area contributed by atoms with Crippen molar-refractivity contribution in [1.29, 1.82) is 0 Å². The van der Waals surface area contributed by atoms with Gasteiger partial charge < -0.3 is 19.9 Å². The predicted octanol–water partition coefficient (Wildman–Crippen LogP) is 4.63. The van der Waals surface area contributed by atoms with Gasteiger partial charge in [0.2, 0.25) is 0 Å². The second-order valence-corrected chi connectivity index (χ2v) is 8.59. The molecule has 1 aromatic carbocycles. The molecular formula is C25H31NO5. The monoisotopic (exact) mass is 425 g/mol. The van der Waals surface area contributed by atoms with E-state index in [1.54, 1.807) is 18.2 Å². The molecule has 0 amide bonds. The lowest BCUT2D eigenvalue weighted by Crippen LogP contribution is -2.35. The Hall–Kier alpha value is -2.76. The van der Waals surface area contributed by atoms with Crippen LogP contribution in [0.3, 0.4) is 0 Å². The Bertz CT molecular complexity index is 939. The van der Waals surface area contributed by atoms with Gasteiger partial charge in [-0.2, -0.15) is 0 Å². The standard InChI is InChI=1S/C25H31NO5/c1-3-30-21-14-16(12-13-19(21)27)23-22(25(29)31-17-8-5-4-6-9-17)15(2)26-18-10-7-11-20(28)24(18)23/h12-14,17,23,26-27H,3-11H2,1-2H3/t23-/m1/s1. The normalized spacial score (nSPS) is 22.1. The summed E-state index contributed by atoms with van der Waals surface area (Å²) in [5, 5.41) is 13.5. The fraction of sp³-hybridized carbons (Fsp3) is 0.520. The summed E-state index contributed by atoms with van der Waals surface area (Å²) in [5.41, 5.74) is 3.48. The first kappa shape index (κ1) is 21.5. The summed E-state index contributed by atoms with van der Waals surface area (Å²) >= 11 is 0. The maximum atomic E-state index is 13.4. The van der Waals surface area contributed by atoms with Gasteiger partial charge in [0.15, 0.2) is 17.3 Å². The molecule has 0 bridgehead atoms. The third-order valence-electron chi connectivity index (χ3n) is 6.44. The van der Waals surface area contributed by atoms with Crippen LogP contribution in [0.2, 0.25) is 0 Å². The van der Waals surface area contributed by atoms with Crippen molar-refractivity contribution >= 4 is 11.8 Å². The smallest absolute Gasteiger partial charge is 0.337 e. The first-order chi connectivity index (χ1) is 15.0. The SMILES string of the molecule is CCOc1cc([C@@H]2C(C(=O)OC3CCCCC3)=C(C)NC3=C2C(=O)CCC3)ccc1O. The lowest BCUT2D eigenvalue weighted by molar-refractivity contribution is -0.146. The zero-order valence-electron chi connectivity index (χ0n) is 18.3. The number of carbonyl (C=O) groups excluding carboxylic acids is 2. The van der Waals surface area contributed by atoms with E-state index in [0.717, 1.165) is 55.5 Å². The molecule has 4 rings (SSSR count). The van der Waals surface area contributed by atoms with Gasteiger partial charge >= 0.3 is 5.97 Å². The number of ketones is 1. The van der Waals surface area contributed by atoms with E-state index < -0.39 is 5.92 Å². The van der Waals surface area contributed by atoms with Gasteiger partial charge in [-0.15, -0.1) is 0 Å². The van der Waals surface area contributed by atoms with Crippen LogP contribution in [0, 0.1) is 0 Å². The Labute approximate surface area is 183 Å². The number of dihydropyridines is 1. The van der Waals surface area contributed by atoms with Crippen molar-refractivity contribution in [2.75, 3.05) is 6.61 Å². The topological polar surface area (TPSA) is 84.9 Å². The van der Waals surface area contributed by atoms with Crippen LogP contribution in [0.5, 0.6) is 11.5 Å². The zero-order valence-corrected chi connectivity index (χ0v) is 18.3. The number of benzene rings is 1. The summed E-state index contributed by atoms with van der Waals surface area (Å²) in [7, 11) is 0. The Morgan fingerprint density at radius 1 is 1.16 bits per heavy atom. The molecule has 1 aromatic rings. The second kappa shape index (κ2) is 9.16. The van der Waals surface area contributed by atoms with Gasteiger partial charge in [0.25, 0.3) is 0 Å². The average Bonchev–Trinajstić information content (AvgIpc) is 2.75. The number of rotatable bonds is 5. The van der Waals surface area contributed by atoms with Crippen molar-refractivity contribution in [1.82, 2.24) is 5.32 Å². The van der Waals surface area contributed by atoms with Gasteiger partial charge in [-0.3, -0.25) is 4.79 Å². The second-order valence-electron chi connectivity index (χ2n) is 8.59. The highest BCUT2D eigenvalue weighted by atomic mass is 16.5.